The van der Waals surface area contributed by atoms with Gasteiger partial charge in [0.1, 0.15) is 0 Å². The van der Waals surface area contributed by atoms with Crippen molar-refractivity contribution < 1.29 is 0 Å². The molecule has 76 valence electrons. The van der Waals surface area contributed by atoms with Crippen LogP contribution in [-0.2, 0) is 0 Å². The van der Waals surface area contributed by atoms with Gasteiger partial charge in [0.05, 0.1) is 23.5 Å². The van der Waals surface area contributed by atoms with Gasteiger partial charge < -0.3 is 0 Å². The maximum atomic E-state index is 9.27. The van der Waals surface area contributed by atoms with Crippen molar-refractivity contribution >= 4 is 0 Å². The summed E-state index contributed by atoms with van der Waals surface area (Å²) in [6.45, 7) is 2.13. The first kappa shape index (κ1) is 11.1. The summed E-state index contributed by atoms with van der Waals surface area (Å²) < 4.78 is 0. The zero-order valence-corrected chi connectivity index (χ0v) is 8.92. The normalized spacial score (nSPS) is 31.8. The minimum absolute atomic E-state index is 0.0206. The number of nitrogens with zero attached hydrogens (tertiary/aromatic N) is 2. The summed E-state index contributed by atoms with van der Waals surface area (Å²) in [7, 11) is 0. The zero-order chi connectivity index (χ0) is 10.4. The van der Waals surface area contributed by atoms with Crippen molar-refractivity contribution in [1.29, 1.82) is 10.5 Å². The predicted molar refractivity (Wildman–Crippen MR) is 55.1 cm³/mol. The summed E-state index contributed by atoms with van der Waals surface area (Å²) in [5.74, 6) is -0.0206. The fourth-order valence-electron chi connectivity index (χ4n) is 2.41. The van der Waals surface area contributed by atoms with Gasteiger partial charge in [0.25, 0.3) is 0 Å². The van der Waals surface area contributed by atoms with Crippen molar-refractivity contribution in [2.45, 2.75) is 51.9 Å². The minimum Gasteiger partial charge on any atom is -0.198 e. The molecule has 0 aromatic carbocycles. The van der Waals surface area contributed by atoms with Crippen LogP contribution in [0.4, 0.5) is 0 Å². The van der Waals surface area contributed by atoms with Crippen molar-refractivity contribution in [3.63, 3.8) is 0 Å². The summed E-state index contributed by atoms with van der Waals surface area (Å²) in [6, 6.07) is 4.76. The quantitative estimate of drug-likeness (QED) is 0.684. The first-order chi connectivity index (χ1) is 6.79. The van der Waals surface area contributed by atoms with Crippen molar-refractivity contribution in [1.82, 2.24) is 0 Å². The smallest absolute Gasteiger partial charge is 0.0731 e. The van der Waals surface area contributed by atoms with Crippen LogP contribution in [0.25, 0.3) is 0 Å². The van der Waals surface area contributed by atoms with Crippen molar-refractivity contribution in [2.75, 3.05) is 0 Å². The SMILES string of the molecule is CCCCC1(C#N)CCCCC1C#N. The summed E-state index contributed by atoms with van der Waals surface area (Å²) in [4.78, 5) is 0. The standard InChI is InChI=1S/C12H18N2/c1-2-3-7-12(10-14)8-5-4-6-11(12)9-13/h11H,2-8H2,1H3. The van der Waals surface area contributed by atoms with Gasteiger partial charge >= 0.3 is 0 Å². The summed E-state index contributed by atoms with van der Waals surface area (Å²) in [5, 5.41) is 18.3. The molecule has 0 spiro atoms. The Morgan fingerprint density at radius 1 is 1.36 bits per heavy atom. The molecule has 1 aliphatic carbocycles. The molecule has 1 aliphatic rings. The van der Waals surface area contributed by atoms with Crippen LogP contribution in [0.1, 0.15) is 51.9 Å². The predicted octanol–water partition coefficient (Wildman–Crippen LogP) is 3.40. The largest absolute Gasteiger partial charge is 0.198 e. The maximum Gasteiger partial charge on any atom is 0.0731 e. The molecule has 0 aromatic heterocycles. The average molecular weight is 190 g/mol. The molecule has 0 aromatic rings. The van der Waals surface area contributed by atoms with E-state index < -0.39 is 0 Å². The fourth-order valence-corrected chi connectivity index (χ4v) is 2.41. The molecule has 1 saturated carbocycles. The van der Waals surface area contributed by atoms with E-state index in [-0.39, 0.29) is 11.3 Å². The van der Waals surface area contributed by atoms with Crippen LogP contribution in [0.2, 0.25) is 0 Å². The topological polar surface area (TPSA) is 47.6 Å². The van der Waals surface area contributed by atoms with E-state index in [2.05, 4.69) is 19.1 Å². The third-order valence-corrected chi connectivity index (χ3v) is 3.39. The Kier molecular flexibility index (Phi) is 3.96. The van der Waals surface area contributed by atoms with E-state index in [0.717, 1.165) is 44.9 Å². The van der Waals surface area contributed by atoms with Crippen LogP contribution < -0.4 is 0 Å². The van der Waals surface area contributed by atoms with E-state index >= 15 is 0 Å². The second kappa shape index (κ2) is 5.01. The van der Waals surface area contributed by atoms with Crippen LogP contribution in [0, 0.1) is 34.0 Å². The second-order valence-electron chi connectivity index (χ2n) is 4.30. The highest BCUT2D eigenvalue weighted by atomic mass is 14.5. The van der Waals surface area contributed by atoms with Gasteiger partial charge in [-0.2, -0.15) is 10.5 Å². The van der Waals surface area contributed by atoms with Gasteiger partial charge in [-0.25, -0.2) is 0 Å². The molecule has 0 amide bonds. The number of rotatable bonds is 3. The van der Waals surface area contributed by atoms with E-state index in [1.54, 1.807) is 0 Å². The van der Waals surface area contributed by atoms with E-state index in [1.807, 2.05) is 0 Å². The average Bonchev–Trinajstić information content (AvgIpc) is 2.26. The summed E-state index contributed by atoms with van der Waals surface area (Å²) >= 11 is 0. The van der Waals surface area contributed by atoms with Gasteiger partial charge in [0.2, 0.25) is 0 Å². The van der Waals surface area contributed by atoms with E-state index in [0.29, 0.717) is 0 Å². The van der Waals surface area contributed by atoms with Gasteiger partial charge in [-0.3, -0.25) is 0 Å². The van der Waals surface area contributed by atoms with Crippen LogP contribution in [0.15, 0.2) is 0 Å². The van der Waals surface area contributed by atoms with Crippen molar-refractivity contribution in [3.05, 3.63) is 0 Å². The lowest BCUT2D eigenvalue weighted by atomic mass is 9.65. The Labute approximate surface area is 86.5 Å². The second-order valence-corrected chi connectivity index (χ2v) is 4.30. The monoisotopic (exact) mass is 190 g/mol. The molecule has 2 nitrogen and oxygen atoms in total. The molecule has 2 unspecified atom stereocenters. The van der Waals surface area contributed by atoms with E-state index in [1.165, 1.54) is 0 Å². The Morgan fingerprint density at radius 3 is 2.71 bits per heavy atom. The molecule has 0 bridgehead atoms. The molecule has 2 atom stereocenters. The highest BCUT2D eigenvalue weighted by Gasteiger charge is 2.40. The lowest BCUT2D eigenvalue weighted by molar-refractivity contribution is 0.186. The molecule has 14 heavy (non-hydrogen) atoms. The highest BCUT2D eigenvalue weighted by molar-refractivity contribution is 5.11. The highest BCUT2D eigenvalue weighted by Crippen LogP contribution is 2.44. The molecular formula is C12H18N2. The first-order valence-electron chi connectivity index (χ1n) is 5.60. The van der Waals surface area contributed by atoms with E-state index in [4.69, 9.17) is 5.26 Å². The van der Waals surface area contributed by atoms with Gasteiger partial charge in [0.15, 0.2) is 0 Å². The Bertz CT molecular complexity index is 258. The van der Waals surface area contributed by atoms with Crippen LogP contribution in [0.5, 0.6) is 0 Å². The number of hydrogen-bond donors (Lipinski definition) is 0. The molecule has 1 rings (SSSR count). The lowest BCUT2D eigenvalue weighted by Crippen LogP contribution is -2.31. The number of nitriles is 2. The molecular weight excluding hydrogens is 172 g/mol. The Morgan fingerprint density at radius 2 is 2.14 bits per heavy atom. The minimum atomic E-state index is -0.316. The molecule has 0 heterocycles. The third kappa shape index (κ3) is 2.07. The molecule has 0 aliphatic heterocycles. The van der Waals surface area contributed by atoms with Gasteiger partial charge in [0, 0.05) is 0 Å². The maximum absolute atomic E-state index is 9.27. The lowest BCUT2D eigenvalue weighted by Gasteiger charge is -2.34. The molecule has 0 radical (unpaired) electrons. The van der Waals surface area contributed by atoms with Gasteiger partial charge in [-0.1, -0.05) is 32.6 Å². The third-order valence-electron chi connectivity index (χ3n) is 3.39. The molecule has 1 fully saturated rings. The van der Waals surface area contributed by atoms with E-state index in [9.17, 15) is 5.26 Å². The Hall–Kier alpha value is -1.02. The van der Waals surface area contributed by atoms with Crippen LogP contribution in [-0.4, -0.2) is 0 Å². The summed E-state index contributed by atoms with van der Waals surface area (Å²) in [6.07, 6.45) is 7.20. The van der Waals surface area contributed by atoms with Crippen LogP contribution in [0.3, 0.4) is 0 Å². The number of hydrogen-bond acceptors (Lipinski definition) is 2. The van der Waals surface area contributed by atoms with Crippen molar-refractivity contribution in [3.8, 4) is 12.1 Å². The molecule has 0 N–H and O–H groups in total. The van der Waals surface area contributed by atoms with Crippen molar-refractivity contribution in [2.24, 2.45) is 11.3 Å². The number of unbranched alkanes of at least 4 members (excludes halogenated alkanes) is 1. The van der Waals surface area contributed by atoms with Gasteiger partial charge in [-0.05, 0) is 19.3 Å². The Balaban J connectivity index is 2.73. The first-order valence-corrected chi connectivity index (χ1v) is 5.60. The molecule has 0 saturated heterocycles. The van der Waals surface area contributed by atoms with Gasteiger partial charge in [-0.15, -0.1) is 0 Å². The fraction of sp³-hybridized carbons (Fsp3) is 0.833. The zero-order valence-electron chi connectivity index (χ0n) is 8.92. The summed E-state index contributed by atoms with van der Waals surface area (Å²) in [5.41, 5.74) is -0.316. The molecule has 2 heteroatoms. The van der Waals surface area contributed by atoms with Crippen LogP contribution >= 0.6 is 0 Å².